The third kappa shape index (κ3) is 3.82. The molecule has 0 amide bonds. The number of ether oxygens (including phenoxy) is 2. The van der Waals surface area contributed by atoms with Crippen molar-refractivity contribution in [3.8, 4) is 0 Å². The molecule has 3 N–H and O–H groups in total. The van der Waals surface area contributed by atoms with E-state index in [2.05, 4.69) is 24.2 Å². The highest BCUT2D eigenvalue weighted by molar-refractivity contribution is 4.95. The molecule has 0 aromatic carbocycles. The van der Waals surface area contributed by atoms with Gasteiger partial charge in [0.1, 0.15) is 24.4 Å². The van der Waals surface area contributed by atoms with Gasteiger partial charge >= 0.3 is 0 Å². The molecule has 8 heteroatoms. The molecule has 0 spiro atoms. The van der Waals surface area contributed by atoms with Gasteiger partial charge in [-0.3, -0.25) is 0 Å². The summed E-state index contributed by atoms with van der Waals surface area (Å²) in [6.07, 6.45) is -1.83. The van der Waals surface area contributed by atoms with Gasteiger partial charge in [0.05, 0.1) is 12.2 Å². The second kappa shape index (κ2) is 7.47. The first-order valence-corrected chi connectivity index (χ1v) is 7.57. The Morgan fingerprint density at radius 3 is 2.68 bits per heavy atom. The summed E-state index contributed by atoms with van der Waals surface area (Å²) in [5.41, 5.74) is 0.878. The van der Waals surface area contributed by atoms with E-state index in [0.29, 0.717) is 5.92 Å². The summed E-state index contributed by atoms with van der Waals surface area (Å²) in [4.78, 5) is 0. The Balaban J connectivity index is 2.00. The lowest BCUT2D eigenvalue weighted by Crippen LogP contribution is -2.58. The average Bonchev–Trinajstić information content (AvgIpc) is 2.94. The molecule has 8 nitrogen and oxygen atoms in total. The number of nitrogens with zero attached hydrogens (tertiary/aromatic N) is 3. The molecule has 0 bridgehead atoms. The van der Waals surface area contributed by atoms with Crippen molar-refractivity contribution in [2.75, 3.05) is 7.11 Å². The van der Waals surface area contributed by atoms with Gasteiger partial charge < -0.3 is 24.8 Å². The zero-order chi connectivity index (χ0) is 16.3. The Morgan fingerprint density at radius 1 is 1.32 bits per heavy atom. The van der Waals surface area contributed by atoms with E-state index in [1.54, 1.807) is 4.68 Å². The van der Waals surface area contributed by atoms with Gasteiger partial charge in [-0.05, 0) is 12.3 Å². The molecule has 6 atom stereocenters. The predicted octanol–water partition coefficient (Wildman–Crippen LogP) is -0.679. The van der Waals surface area contributed by atoms with E-state index in [0.717, 1.165) is 18.5 Å². The number of aliphatic hydroxyl groups excluding tert-OH is 3. The summed E-state index contributed by atoms with van der Waals surface area (Å²) < 4.78 is 12.0. The van der Waals surface area contributed by atoms with Gasteiger partial charge in [0.15, 0.2) is 6.29 Å². The van der Waals surface area contributed by atoms with Crippen LogP contribution in [0.25, 0.3) is 0 Å². The Kier molecular flexibility index (Phi) is 5.87. The van der Waals surface area contributed by atoms with Crippen molar-refractivity contribution < 1.29 is 24.8 Å². The largest absolute Gasteiger partial charge is 0.388 e. The first-order chi connectivity index (χ1) is 10.5. The SMILES string of the molecule is CCC(C)Cc1cn(C[C@H]2O[C@H](OC)[C@H](O)[C@@H](O)[C@@H]2O)nn1. The molecule has 1 aliphatic rings. The molecule has 1 aromatic rings. The summed E-state index contributed by atoms with van der Waals surface area (Å²) in [5.74, 6) is 0.525. The number of rotatable bonds is 6. The number of aliphatic hydroxyl groups is 3. The molecule has 0 radical (unpaired) electrons. The third-order valence-electron chi connectivity index (χ3n) is 4.11. The van der Waals surface area contributed by atoms with E-state index in [4.69, 9.17) is 9.47 Å². The molecule has 22 heavy (non-hydrogen) atoms. The topological polar surface area (TPSA) is 110 Å². The summed E-state index contributed by atoms with van der Waals surface area (Å²) in [6.45, 7) is 4.49. The Morgan fingerprint density at radius 2 is 2.05 bits per heavy atom. The Labute approximate surface area is 129 Å². The first kappa shape index (κ1) is 17.3. The van der Waals surface area contributed by atoms with Crippen molar-refractivity contribution >= 4 is 0 Å². The highest BCUT2D eigenvalue weighted by atomic mass is 16.7. The van der Waals surface area contributed by atoms with Gasteiger partial charge in [-0.1, -0.05) is 25.5 Å². The van der Waals surface area contributed by atoms with Crippen LogP contribution in [0, 0.1) is 5.92 Å². The second-order valence-corrected chi connectivity index (χ2v) is 5.90. The molecular formula is C14H25N3O5. The van der Waals surface area contributed by atoms with Crippen molar-refractivity contribution in [3.05, 3.63) is 11.9 Å². The Bertz CT molecular complexity index is 467. The van der Waals surface area contributed by atoms with Gasteiger partial charge in [0.2, 0.25) is 0 Å². The van der Waals surface area contributed by atoms with Gasteiger partial charge in [-0.25, -0.2) is 4.68 Å². The molecule has 126 valence electrons. The first-order valence-electron chi connectivity index (χ1n) is 7.57. The minimum absolute atomic E-state index is 0.221. The van der Waals surface area contributed by atoms with Crippen LogP contribution < -0.4 is 0 Å². The quantitative estimate of drug-likeness (QED) is 0.638. The fourth-order valence-corrected chi connectivity index (χ4v) is 2.47. The van der Waals surface area contributed by atoms with Crippen molar-refractivity contribution in [1.29, 1.82) is 0 Å². The van der Waals surface area contributed by atoms with Crippen molar-refractivity contribution in [3.63, 3.8) is 0 Å². The lowest BCUT2D eigenvalue weighted by atomic mass is 9.99. The summed E-state index contributed by atoms with van der Waals surface area (Å²) in [7, 11) is 1.37. The minimum Gasteiger partial charge on any atom is -0.388 e. The van der Waals surface area contributed by atoms with Crippen LogP contribution in [0.2, 0.25) is 0 Å². The highest BCUT2D eigenvalue weighted by Gasteiger charge is 2.44. The summed E-state index contributed by atoms with van der Waals surface area (Å²) in [5, 5.41) is 37.7. The summed E-state index contributed by atoms with van der Waals surface area (Å²) >= 11 is 0. The van der Waals surface area contributed by atoms with Crippen molar-refractivity contribution in [2.45, 2.75) is 63.9 Å². The molecular weight excluding hydrogens is 290 g/mol. The van der Waals surface area contributed by atoms with Crippen LogP contribution in [0.5, 0.6) is 0 Å². The maximum Gasteiger partial charge on any atom is 0.186 e. The fourth-order valence-electron chi connectivity index (χ4n) is 2.47. The smallest absolute Gasteiger partial charge is 0.186 e. The van der Waals surface area contributed by atoms with Gasteiger partial charge in [-0.2, -0.15) is 0 Å². The van der Waals surface area contributed by atoms with Crippen LogP contribution in [0.4, 0.5) is 0 Å². The maximum absolute atomic E-state index is 10.0. The molecule has 1 fully saturated rings. The van der Waals surface area contributed by atoms with E-state index < -0.39 is 30.7 Å². The lowest BCUT2D eigenvalue weighted by molar-refractivity contribution is -0.292. The van der Waals surface area contributed by atoms with Crippen molar-refractivity contribution in [1.82, 2.24) is 15.0 Å². The van der Waals surface area contributed by atoms with E-state index in [1.807, 2.05) is 6.20 Å². The van der Waals surface area contributed by atoms with E-state index in [1.165, 1.54) is 7.11 Å². The van der Waals surface area contributed by atoms with Crippen molar-refractivity contribution in [2.24, 2.45) is 5.92 Å². The van der Waals surface area contributed by atoms with Crippen LogP contribution in [0.1, 0.15) is 26.0 Å². The van der Waals surface area contributed by atoms with Crippen LogP contribution in [0.3, 0.4) is 0 Å². The van der Waals surface area contributed by atoms with Gasteiger partial charge in [-0.15, -0.1) is 5.10 Å². The fraction of sp³-hybridized carbons (Fsp3) is 0.857. The van der Waals surface area contributed by atoms with Gasteiger partial charge in [0, 0.05) is 13.3 Å². The second-order valence-electron chi connectivity index (χ2n) is 5.90. The average molecular weight is 315 g/mol. The van der Waals surface area contributed by atoms with E-state index >= 15 is 0 Å². The third-order valence-corrected chi connectivity index (χ3v) is 4.11. The minimum atomic E-state index is -1.33. The lowest BCUT2D eigenvalue weighted by Gasteiger charge is -2.39. The number of methoxy groups -OCH3 is 1. The van der Waals surface area contributed by atoms with Crippen LogP contribution in [-0.4, -0.2) is 68.1 Å². The zero-order valence-corrected chi connectivity index (χ0v) is 13.2. The molecule has 1 unspecified atom stereocenters. The van der Waals surface area contributed by atoms with E-state index in [-0.39, 0.29) is 6.54 Å². The van der Waals surface area contributed by atoms with Crippen LogP contribution in [-0.2, 0) is 22.4 Å². The van der Waals surface area contributed by atoms with Crippen LogP contribution >= 0.6 is 0 Å². The molecule has 1 aliphatic heterocycles. The molecule has 0 saturated carbocycles. The Hall–Kier alpha value is -1.06. The molecule has 1 saturated heterocycles. The predicted molar refractivity (Wildman–Crippen MR) is 76.9 cm³/mol. The molecule has 2 heterocycles. The normalized spacial score (nSPS) is 33.8. The molecule has 1 aromatic heterocycles. The molecule has 0 aliphatic carbocycles. The van der Waals surface area contributed by atoms with Crippen LogP contribution in [0.15, 0.2) is 6.20 Å². The van der Waals surface area contributed by atoms with Gasteiger partial charge in [0.25, 0.3) is 0 Å². The monoisotopic (exact) mass is 315 g/mol. The maximum atomic E-state index is 10.0. The standard InChI is InChI=1S/C14H25N3O5/c1-4-8(2)5-9-6-17(16-15-9)7-10-11(18)12(19)13(20)14(21-3)22-10/h6,8,10-14,18-20H,4-5,7H2,1-3H3/t8?,10-,11-,12+,13-,14+/m1/s1. The summed E-state index contributed by atoms with van der Waals surface area (Å²) in [6, 6.07) is 0. The zero-order valence-electron chi connectivity index (χ0n) is 13.2. The molecule has 2 rings (SSSR count). The number of hydrogen-bond donors (Lipinski definition) is 3. The van der Waals surface area contributed by atoms with E-state index in [9.17, 15) is 15.3 Å². The number of aromatic nitrogens is 3. The highest BCUT2D eigenvalue weighted by Crippen LogP contribution is 2.22. The number of hydrogen-bond acceptors (Lipinski definition) is 7.